The van der Waals surface area contributed by atoms with E-state index >= 15 is 0 Å². The van der Waals surface area contributed by atoms with Gasteiger partial charge >= 0.3 is 0 Å². The first-order valence-corrected chi connectivity index (χ1v) is 13.5. The van der Waals surface area contributed by atoms with Gasteiger partial charge in [-0.15, -0.1) is 0 Å². The third kappa shape index (κ3) is 7.39. The lowest BCUT2D eigenvalue weighted by molar-refractivity contribution is -0.121. The van der Waals surface area contributed by atoms with E-state index in [9.17, 15) is 13.2 Å². The fourth-order valence-electron chi connectivity index (χ4n) is 3.91. The lowest BCUT2D eigenvalue weighted by atomic mass is 10.1. The summed E-state index contributed by atoms with van der Waals surface area (Å²) >= 11 is 0. The summed E-state index contributed by atoms with van der Waals surface area (Å²) in [5.74, 6) is 1.52. The molecule has 3 aromatic carbocycles. The molecule has 38 heavy (non-hydrogen) atoms. The van der Waals surface area contributed by atoms with Gasteiger partial charge in [0.2, 0.25) is 15.9 Å². The zero-order valence-electron chi connectivity index (χ0n) is 22.1. The van der Waals surface area contributed by atoms with Crippen molar-refractivity contribution in [3.63, 3.8) is 0 Å². The van der Waals surface area contributed by atoms with Crippen LogP contribution >= 0.6 is 0 Å². The number of carbonyl (C=O) groups is 1. The van der Waals surface area contributed by atoms with Crippen LogP contribution in [0.5, 0.6) is 23.0 Å². The molecule has 3 aromatic rings. The topological polar surface area (TPSA) is 103 Å². The van der Waals surface area contributed by atoms with Gasteiger partial charge in [0.1, 0.15) is 0 Å². The standard InChI is InChI=1S/C28H34N2O7S/c1-34-24-12-10-22(18-26(24)36-3)14-16-29-28(31)20-30(17-15-21-8-6-5-7-9-21)38(32,33)23-11-13-25(35-2)27(19-23)37-4/h5-13,18-19H,14-17,20H2,1-4H3,(H,29,31). The number of nitrogens with one attached hydrogen (secondary N) is 1. The van der Waals surface area contributed by atoms with Gasteiger partial charge < -0.3 is 24.3 Å². The number of rotatable bonds is 14. The largest absolute Gasteiger partial charge is 0.493 e. The Balaban J connectivity index is 1.73. The molecule has 1 N–H and O–H groups in total. The Hall–Kier alpha value is -3.76. The minimum atomic E-state index is -4.01. The number of methoxy groups -OCH3 is 4. The lowest BCUT2D eigenvalue weighted by Gasteiger charge is -2.22. The molecule has 0 aliphatic rings. The highest BCUT2D eigenvalue weighted by molar-refractivity contribution is 7.89. The molecular weight excluding hydrogens is 508 g/mol. The highest BCUT2D eigenvalue weighted by Crippen LogP contribution is 2.31. The molecule has 0 saturated heterocycles. The zero-order chi connectivity index (χ0) is 27.5. The molecule has 0 radical (unpaired) electrons. The van der Waals surface area contributed by atoms with Crippen molar-refractivity contribution in [2.45, 2.75) is 17.7 Å². The van der Waals surface area contributed by atoms with E-state index in [1.54, 1.807) is 20.3 Å². The molecule has 0 bridgehead atoms. The molecule has 0 aliphatic carbocycles. The molecule has 9 nitrogen and oxygen atoms in total. The van der Waals surface area contributed by atoms with E-state index in [0.29, 0.717) is 36.6 Å². The van der Waals surface area contributed by atoms with E-state index in [1.165, 1.54) is 36.7 Å². The van der Waals surface area contributed by atoms with Crippen molar-refractivity contribution in [2.75, 3.05) is 48.1 Å². The lowest BCUT2D eigenvalue weighted by Crippen LogP contribution is -2.42. The molecule has 0 unspecified atom stereocenters. The smallest absolute Gasteiger partial charge is 0.243 e. The summed E-state index contributed by atoms with van der Waals surface area (Å²) in [6, 6.07) is 19.4. The molecule has 0 fully saturated rings. The van der Waals surface area contributed by atoms with Gasteiger partial charge in [-0.2, -0.15) is 4.31 Å². The fourth-order valence-corrected chi connectivity index (χ4v) is 5.32. The normalized spacial score (nSPS) is 11.2. The van der Waals surface area contributed by atoms with Crippen LogP contribution in [0.2, 0.25) is 0 Å². The highest BCUT2D eigenvalue weighted by Gasteiger charge is 2.27. The first-order valence-electron chi connectivity index (χ1n) is 12.1. The number of hydrogen-bond donors (Lipinski definition) is 1. The van der Waals surface area contributed by atoms with Crippen molar-refractivity contribution in [1.82, 2.24) is 9.62 Å². The molecule has 0 heterocycles. The summed E-state index contributed by atoms with van der Waals surface area (Å²) in [5.41, 5.74) is 1.91. The molecule has 1 amide bonds. The molecule has 10 heteroatoms. The Labute approximate surface area is 224 Å². The molecule has 0 spiro atoms. The molecular formula is C28H34N2O7S. The van der Waals surface area contributed by atoms with Crippen LogP contribution in [-0.2, 0) is 27.7 Å². The van der Waals surface area contributed by atoms with Crippen LogP contribution in [0.15, 0.2) is 71.6 Å². The molecule has 0 saturated carbocycles. The van der Waals surface area contributed by atoms with Gasteiger partial charge in [0.15, 0.2) is 23.0 Å². The molecule has 0 atom stereocenters. The Morgan fingerprint density at radius 3 is 1.97 bits per heavy atom. The molecule has 0 aliphatic heterocycles. The van der Waals surface area contributed by atoms with E-state index in [4.69, 9.17) is 18.9 Å². The average molecular weight is 543 g/mol. The fraction of sp³-hybridized carbons (Fsp3) is 0.321. The van der Waals surface area contributed by atoms with E-state index in [-0.39, 0.29) is 23.7 Å². The van der Waals surface area contributed by atoms with Crippen molar-refractivity contribution < 1.29 is 32.2 Å². The third-order valence-electron chi connectivity index (χ3n) is 5.99. The van der Waals surface area contributed by atoms with Crippen molar-refractivity contribution in [3.8, 4) is 23.0 Å². The number of nitrogens with zero attached hydrogens (tertiary/aromatic N) is 1. The summed E-state index contributed by atoms with van der Waals surface area (Å²) in [6.07, 6.45) is 0.991. The average Bonchev–Trinajstić information content (AvgIpc) is 2.95. The van der Waals surface area contributed by atoms with Crippen LogP contribution in [0.4, 0.5) is 0 Å². The van der Waals surface area contributed by atoms with E-state index in [1.807, 2.05) is 42.5 Å². The first kappa shape index (κ1) is 28.8. The number of ether oxygens (including phenoxy) is 4. The summed E-state index contributed by atoms with van der Waals surface area (Å²) < 4.78 is 49.5. The third-order valence-corrected chi connectivity index (χ3v) is 7.83. The Bertz CT molecular complexity index is 1310. The maximum Gasteiger partial charge on any atom is 0.243 e. The summed E-state index contributed by atoms with van der Waals surface area (Å²) in [7, 11) is 2.03. The van der Waals surface area contributed by atoms with Crippen molar-refractivity contribution in [2.24, 2.45) is 0 Å². The van der Waals surface area contributed by atoms with Gasteiger partial charge in [-0.25, -0.2) is 8.42 Å². The molecule has 0 aromatic heterocycles. The summed E-state index contributed by atoms with van der Waals surface area (Å²) in [5, 5.41) is 2.83. The quantitative estimate of drug-likeness (QED) is 0.333. The number of benzene rings is 3. The number of amides is 1. The minimum absolute atomic E-state index is 0.0151. The molecule has 204 valence electrons. The zero-order valence-corrected chi connectivity index (χ0v) is 22.9. The SMILES string of the molecule is COc1ccc(CCNC(=O)CN(CCc2ccccc2)S(=O)(=O)c2ccc(OC)c(OC)c2)cc1OC. The molecule has 3 rings (SSSR count). The predicted molar refractivity (Wildman–Crippen MR) is 145 cm³/mol. The van der Waals surface area contributed by atoms with E-state index < -0.39 is 15.9 Å². The maximum absolute atomic E-state index is 13.6. The van der Waals surface area contributed by atoms with Crippen LogP contribution in [0.1, 0.15) is 11.1 Å². The van der Waals surface area contributed by atoms with Crippen LogP contribution in [-0.4, -0.2) is 66.7 Å². The van der Waals surface area contributed by atoms with Gasteiger partial charge in [-0.3, -0.25) is 4.79 Å². The van der Waals surface area contributed by atoms with Crippen molar-refractivity contribution in [3.05, 3.63) is 77.9 Å². The van der Waals surface area contributed by atoms with Crippen molar-refractivity contribution >= 4 is 15.9 Å². The Morgan fingerprint density at radius 2 is 1.34 bits per heavy atom. The second kappa shape index (κ2) is 13.7. The Morgan fingerprint density at radius 1 is 0.737 bits per heavy atom. The summed E-state index contributed by atoms with van der Waals surface area (Å²) in [4.78, 5) is 12.9. The van der Waals surface area contributed by atoms with E-state index in [0.717, 1.165) is 11.1 Å². The first-order chi connectivity index (χ1) is 18.3. The van der Waals surface area contributed by atoms with Gasteiger partial charge in [0.05, 0.1) is 39.9 Å². The van der Waals surface area contributed by atoms with Crippen LogP contribution in [0.25, 0.3) is 0 Å². The number of sulfonamides is 1. The highest BCUT2D eigenvalue weighted by atomic mass is 32.2. The number of hydrogen-bond acceptors (Lipinski definition) is 7. The minimum Gasteiger partial charge on any atom is -0.493 e. The predicted octanol–water partition coefficient (Wildman–Crippen LogP) is 3.31. The van der Waals surface area contributed by atoms with Crippen LogP contribution in [0.3, 0.4) is 0 Å². The van der Waals surface area contributed by atoms with Gasteiger partial charge in [0, 0.05) is 19.2 Å². The second-order valence-electron chi connectivity index (χ2n) is 8.38. The monoisotopic (exact) mass is 542 g/mol. The maximum atomic E-state index is 13.6. The van der Waals surface area contributed by atoms with Gasteiger partial charge in [0.25, 0.3) is 0 Å². The van der Waals surface area contributed by atoms with Crippen LogP contribution < -0.4 is 24.3 Å². The van der Waals surface area contributed by atoms with Crippen LogP contribution in [0, 0.1) is 0 Å². The second-order valence-corrected chi connectivity index (χ2v) is 10.3. The van der Waals surface area contributed by atoms with Crippen molar-refractivity contribution in [1.29, 1.82) is 0 Å². The van der Waals surface area contributed by atoms with Gasteiger partial charge in [-0.05, 0) is 48.2 Å². The number of carbonyl (C=O) groups excluding carboxylic acids is 1. The Kier molecular flexibility index (Phi) is 10.4. The van der Waals surface area contributed by atoms with Gasteiger partial charge in [-0.1, -0.05) is 36.4 Å². The summed E-state index contributed by atoms with van der Waals surface area (Å²) in [6.45, 7) is 0.135. The van der Waals surface area contributed by atoms with E-state index in [2.05, 4.69) is 5.32 Å².